The molecule has 1 atom stereocenters. The van der Waals surface area contributed by atoms with Crippen molar-refractivity contribution in [3.8, 4) is 0 Å². The molecule has 0 aromatic rings. The summed E-state index contributed by atoms with van der Waals surface area (Å²) < 4.78 is 27.0. The molecule has 0 saturated heterocycles. The first-order chi connectivity index (χ1) is 5.97. The molecule has 0 aromatic heterocycles. The van der Waals surface area contributed by atoms with E-state index in [1.54, 1.807) is 0 Å². The van der Waals surface area contributed by atoms with Crippen LogP contribution in [0.3, 0.4) is 0 Å². The van der Waals surface area contributed by atoms with Crippen LogP contribution in [0, 0.1) is 17.3 Å². The van der Waals surface area contributed by atoms with Gasteiger partial charge in [-0.3, -0.25) is 0 Å². The molecule has 13 heavy (non-hydrogen) atoms. The van der Waals surface area contributed by atoms with E-state index in [4.69, 9.17) is 0 Å². The second-order valence-corrected chi connectivity index (χ2v) is 5.23. The molecule has 1 spiro atoms. The van der Waals surface area contributed by atoms with Gasteiger partial charge in [-0.25, -0.2) is 8.78 Å². The Kier molecular flexibility index (Phi) is 1.94. The van der Waals surface area contributed by atoms with E-state index in [2.05, 4.69) is 13.8 Å². The summed E-state index contributed by atoms with van der Waals surface area (Å²) in [6.07, 6.45) is 3.17. The number of alkyl halides is 2. The first kappa shape index (κ1) is 9.42. The first-order valence-corrected chi connectivity index (χ1v) is 5.35. The van der Waals surface area contributed by atoms with Crippen LogP contribution >= 0.6 is 0 Å². The second kappa shape index (κ2) is 2.68. The van der Waals surface area contributed by atoms with E-state index >= 15 is 0 Å². The van der Waals surface area contributed by atoms with Crippen molar-refractivity contribution in [2.75, 3.05) is 0 Å². The van der Waals surface area contributed by atoms with Crippen LogP contribution in [-0.2, 0) is 0 Å². The van der Waals surface area contributed by atoms with Crippen molar-refractivity contribution in [3.63, 3.8) is 0 Å². The highest BCUT2D eigenvalue weighted by Crippen LogP contribution is 2.65. The summed E-state index contributed by atoms with van der Waals surface area (Å²) in [7, 11) is 0. The molecule has 0 radical (unpaired) electrons. The van der Waals surface area contributed by atoms with Crippen LogP contribution in [0.25, 0.3) is 0 Å². The van der Waals surface area contributed by atoms with Crippen molar-refractivity contribution >= 4 is 0 Å². The van der Waals surface area contributed by atoms with Crippen molar-refractivity contribution < 1.29 is 8.78 Å². The number of hydrogen-bond donors (Lipinski definition) is 0. The molecule has 2 aliphatic carbocycles. The summed E-state index contributed by atoms with van der Waals surface area (Å²) in [5.74, 6) is -1.23. The van der Waals surface area contributed by atoms with E-state index < -0.39 is 11.3 Å². The van der Waals surface area contributed by atoms with Gasteiger partial charge in [-0.05, 0) is 37.5 Å². The fourth-order valence-corrected chi connectivity index (χ4v) is 2.67. The van der Waals surface area contributed by atoms with Crippen LogP contribution in [-0.4, -0.2) is 5.92 Å². The number of rotatable bonds is 1. The molecule has 0 aliphatic heterocycles. The zero-order valence-electron chi connectivity index (χ0n) is 8.45. The summed E-state index contributed by atoms with van der Waals surface area (Å²) in [6, 6.07) is 0. The lowest BCUT2D eigenvalue weighted by Crippen LogP contribution is -2.38. The van der Waals surface area contributed by atoms with Crippen molar-refractivity contribution in [2.45, 2.75) is 51.9 Å². The largest absolute Gasteiger partial charge is 0.253 e. The van der Waals surface area contributed by atoms with Crippen LogP contribution in [0.5, 0.6) is 0 Å². The van der Waals surface area contributed by atoms with Gasteiger partial charge in [0.05, 0.1) is 0 Å². The van der Waals surface area contributed by atoms with Gasteiger partial charge in [0.15, 0.2) is 0 Å². The van der Waals surface area contributed by atoms with Crippen LogP contribution in [0.2, 0.25) is 0 Å². The van der Waals surface area contributed by atoms with Gasteiger partial charge in [0.25, 0.3) is 5.92 Å². The molecular formula is C11H18F2. The van der Waals surface area contributed by atoms with Crippen molar-refractivity contribution in [3.05, 3.63) is 0 Å². The van der Waals surface area contributed by atoms with Crippen LogP contribution < -0.4 is 0 Å². The molecular weight excluding hydrogens is 170 g/mol. The maximum absolute atomic E-state index is 13.5. The van der Waals surface area contributed by atoms with Crippen molar-refractivity contribution in [1.29, 1.82) is 0 Å². The smallest absolute Gasteiger partial charge is 0.206 e. The third kappa shape index (κ3) is 1.38. The second-order valence-electron chi connectivity index (χ2n) is 5.23. The van der Waals surface area contributed by atoms with E-state index in [0.717, 1.165) is 25.7 Å². The quantitative estimate of drug-likeness (QED) is 0.586. The standard InChI is InChI=1S/C11H18F2/c1-8(2)9-3-4-11(12,13)10(7-9)5-6-10/h8-9H,3-7H2,1-2H3/t9-/m0/s1. The van der Waals surface area contributed by atoms with Crippen LogP contribution in [0.1, 0.15) is 46.0 Å². The Morgan fingerprint density at radius 1 is 1.15 bits per heavy atom. The Morgan fingerprint density at radius 2 is 1.77 bits per heavy atom. The summed E-state index contributed by atoms with van der Waals surface area (Å²) in [5, 5.41) is 0. The molecule has 76 valence electrons. The first-order valence-electron chi connectivity index (χ1n) is 5.35. The molecule has 2 fully saturated rings. The number of halogens is 2. The molecule has 0 aromatic carbocycles. The monoisotopic (exact) mass is 188 g/mol. The number of hydrogen-bond acceptors (Lipinski definition) is 0. The van der Waals surface area contributed by atoms with Gasteiger partial charge in [-0.1, -0.05) is 13.8 Å². The van der Waals surface area contributed by atoms with Crippen LogP contribution in [0.15, 0.2) is 0 Å². The Labute approximate surface area is 78.7 Å². The minimum absolute atomic E-state index is 0.135. The topological polar surface area (TPSA) is 0 Å². The lowest BCUT2D eigenvalue weighted by atomic mass is 9.72. The van der Waals surface area contributed by atoms with Crippen molar-refractivity contribution in [1.82, 2.24) is 0 Å². The van der Waals surface area contributed by atoms with E-state index in [9.17, 15) is 8.78 Å². The van der Waals surface area contributed by atoms with Gasteiger partial charge in [0, 0.05) is 11.8 Å². The molecule has 0 unspecified atom stereocenters. The fraction of sp³-hybridized carbons (Fsp3) is 1.00. The average molecular weight is 188 g/mol. The molecule has 2 heteroatoms. The molecule has 2 saturated carbocycles. The molecule has 0 nitrogen and oxygen atoms in total. The Hall–Kier alpha value is -0.140. The lowest BCUT2D eigenvalue weighted by molar-refractivity contribution is -0.117. The maximum Gasteiger partial charge on any atom is 0.253 e. The Bertz CT molecular complexity index is 204. The molecule has 2 aliphatic rings. The fourth-order valence-electron chi connectivity index (χ4n) is 2.67. The zero-order valence-corrected chi connectivity index (χ0v) is 8.45. The highest BCUT2D eigenvalue weighted by molar-refractivity contribution is 5.07. The lowest BCUT2D eigenvalue weighted by Gasteiger charge is -2.38. The van der Waals surface area contributed by atoms with Crippen LogP contribution in [0.4, 0.5) is 8.78 Å². The summed E-state index contributed by atoms with van der Waals surface area (Å²) >= 11 is 0. The molecule has 0 amide bonds. The Morgan fingerprint density at radius 3 is 2.23 bits per heavy atom. The Balaban J connectivity index is 2.08. The predicted molar refractivity (Wildman–Crippen MR) is 48.8 cm³/mol. The minimum Gasteiger partial charge on any atom is -0.206 e. The van der Waals surface area contributed by atoms with Gasteiger partial charge in [-0.15, -0.1) is 0 Å². The summed E-state index contributed by atoms with van der Waals surface area (Å²) in [4.78, 5) is 0. The summed E-state index contributed by atoms with van der Waals surface area (Å²) in [6.45, 7) is 4.31. The van der Waals surface area contributed by atoms with Gasteiger partial charge < -0.3 is 0 Å². The maximum atomic E-state index is 13.5. The molecule has 0 N–H and O–H groups in total. The van der Waals surface area contributed by atoms with Gasteiger partial charge in [0.1, 0.15) is 0 Å². The normalized spacial score (nSPS) is 35.3. The van der Waals surface area contributed by atoms with E-state index in [1.165, 1.54) is 0 Å². The van der Waals surface area contributed by atoms with E-state index in [-0.39, 0.29) is 6.42 Å². The van der Waals surface area contributed by atoms with Gasteiger partial charge >= 0.3 is 0 Å². The minimum atomic E-state index is -2.35. The SMILES string of the molecule is CC(C)[C@H]1CCC(F)(F)C2(CC2)C1. The summed E-state index contributed by atoms with van der Waals surface area (Å²) in [5.41, 5.74) is -0.555. The third-order valence-corrected chi connectivity index (χ3v) is 4.05. The van der Waals surface area contributed by atoms with E-state index in [1.807, 2.05) is 0 Å². The highest BCUT2D eigenvalue weighted by Gasteiger charge is 2.63. The van der Waals surface area contributed by atoms with E-state index in [0.29, 0.717) is 11.8 Å². The predicted octanol–water partition coefficient (Wildman–Crippen LogP) is 3.86. The molecule has 2 rings (SSSR count). The average Bonchev–Trinajstić information content (AvgIpc) is 2.76. The highest BCUT2D eigenvalue weighted by atomic mass is 19.3. The molecule has 0 bridgehead atoms. The third-order valence-electron chi connectivity index (χ3n) is 4.05. The molecule has 0 heterocycles. The zero-order chi connectivity index (χ0) is 9.69. The van der Waals surface area contributed by atoms with Crippen molar-refractivity contribution in [2.24, 2.45) is 17.3 Å². The van der Waals surface area contributed by atoms with Gasteiger partial charge in [0.2, 0.25) is 0 Å². The van der Waals surface area contributed by atoms with Gasteiger partial charge in [-0.2, -0.15) is 0 Å².